The molecule has 0 saturated carbocycles. The first-order valence-electron chi connectivity index (χ1n) is 11.5. The van der Waals surface area contributed by atoms with Crippen LogP contribution in [0.15, 0.2) is 35.4 Å². The number of rotatable bonds is 6. The zero-order valence-electron chi connectivity index (χ0n) is 19.0. The van der Waals surface area contributed by atoms with E-state index >= 15 is 0 Å². The molecule has 0 unspecified atom stereocenters. The molecule has 0 atom stereocenters. The van der Waals surface area contributed by atoms with Gasteiger partial charge in [-0.1, -0.05) is 11.6 Å². The summed E-state index contributed by atoms with van der Waals surface area (Å²) in [6, 6.07) is 5.16. The lowest BCUT2D eigenvalue weighted by molar-refractivity contribution is 0.0496. The van der Waals surface area contributed by atoms with E-state index in [9.17, 15) is 9.59 Å². The molecule has 12 heteroatoms. The molecule has 3 aromatic heterocycles. The number of alkyl carbamates (subject to hydrolysis) is 1. The highest BCUT2D eigenvalue weighted by Gasteiger charge is 2.23. The van der Waals surface area contributed by atoms with Crippen molar-refractivity contribution in [3.63, 3.8) is 0 Å². The van der Waals surface area contributed by atoms with Gasteiger partial charge in [-0.3, -0.25) is 14.3 Å². The summed E-state index contributed by atoms with van der Waals surface area (Å²) in [5.74, 6) is 1.24. The highest BCUT2D eigenvalue weighted by molar-refractivity contribution is 6.29. The van der Waals surface area contributed by atoms with E-state index < -0.39 is 6.09 Å². The monoisotopic (exact) mass is 500 g/mol. The Bertz CT molecular complexity index is 1280. The van der Waals surface area contributed by atoms with Crippen LogP contribution >= 0.6 is 11.6 Å². The number of carbonyl (C=O) groups is 1. The first-order valence-corrected chi connectivity index (χ1v) is 11.9. The number of hydrogen-bond acceptors (Lipinski definition) is 9. The van der Waals surface area contributed by atoms with Crippen molar-refractivity contribution in [1.29, 1.82) is 0 Å². The molecule has 0 aromatic carbocycles. The van der Waals surface area contributed by atoms with E-state index in [0.717, 1.165) is 13.1 Å². The molecule has 5 heterocycles. The molecule has 3 aromatic rings. The Balaban J connectivity index is 1.08. The van der Waals surface area contributed by atoms with Gasteiger partial charge in [0.1, 0.15) is 30.0 Å². The van der Waals surface area contributed by atoms with Gasteiger partial charge in [0.05, 0.1) is 24.6 Å². The van der Waals surface area contributed by atoms with E-state index in [1.54, 1.807) is 29.0 Å². The Kier molecular flexibility index (Phi) is 6.96. The zero-order chi connectivity index (χ0) is 24.2. The van der Waals surface area contributed by atoms with Crippen molar-refractivity contribution < 1.29 is 19.0 Å². The number of likely N-dealkylation sites (tertiary alicyclic amines) is 1. The van der Waals surface area contributed by atoms with Gasteiger partial charge in [-0.2, -0.15) is 0 Å². The van der Waals surface area contributed by atoms with Crippen LogP contribution in [0, 0.1) is 0 Å². The summed E-state index contributed by atoms with van der Waals surface area (Å²) in [5.41, 5.74) is 1.55. The van der Waals surface area contributed by atoms with Gasteiger partial charge in [-0.25, -0.2) is 14.8 Å². The number of hydrogen-bond donors (Lipinski definition) is 1. The smallest absolute Gasteiger partial charge is 0.407 e. The molecule has 2 aliphatic rings. The van der Waals surface area contributed by atoms with Crippen LogP contribution < -0.4 is 20.3 Å². The normalized spacial score (nSPS) is 16.3. The standard InChI is InChI=1S/C23H25ClN6O5/c24-20-2-1-17-22(28-20)30(21(31)14-26-17)8-7-29-5-3-16(4-6-29)35-23(32)27-12-15-11-18-19(13-25-15)34-10-9-33-18/h1-2,11,13-14,16H,3-10,12H2,(H,27,32). The van der Waals surface area contributed by atoms with Crippen LogP contribution in [-0.2, 0) is 17.8 Å². The second-order valence-corrected chi connectivity index (χ2v) is 8.73. The minimum absolute atomic E-state index is 0.163. The first-order chi connectivity index (χ1) is 17.0. The first kappa shape index (κ1) is 23.3. The predicted molar refractivity (Wildman–Crippen MR) is 127 cm³/mol. The number of fused-ring (bicyclic) bond motifs is 2. The highest BCUT2D eigenvalue weighted by atomic mass is 35.5. The van der Waals surface area contributed by atoms with Gasteiger partial charge in [-0.05, 0) is 25.0 Å². The Morgan fingerprint density at radius 1 is 1.11 bits per heavy atom. The minimum Gasteiger partial charge on any atom is -0.486 e. The third-order valence-corrected chi connectivity index (χ3v) is 6.22. The number of ether oxygens (including phenoxy) is 3. The summed E-state index contributed by atoms with van der Waals surface area (Å²) in [7, 11) is 0. The number of nitrogens with zero attached hydrogens (tertiary/aromatic N) is 5. The fourth-order valence-electron chi connectivity index (χ4n) is 4.17. The minimum atomic E-state index is -0.474. The maximum atomic E-state index is 12.3. The van der Waals surface area contributed by atoms with Gasteiger partial charge in [0.15, 0.2) is 17.1 Å². The fraction of sp³-hybridized carbons (Fsp3) is 0.435. The molecule has 1 N–H and O–H groups in total. The molecule has 0 bridgehead atoms. The lowest BCUT2D eigenvalue weighted by Crippen LogP contribution is -2.41. The number of piperidine rings is 1. The molecule has 184 valence electrons. The van der Waals surface area contributed by atoms with Crippen molar-refractivity contribution in [3.8, 4) is 11.5 Å². The molecule has 35 heavy (non-hydrogen) atoms. The van der Waals surface area contributed by atoms with Crippen LogP contribution in [0.3, 0.4) is 0 Å². The number of nitrogens with one attached hydrogen (secondary N) is 1. The Morgan fingerprint density at radius 2 is 1.91 bits per heavy atom. The SMILES string of the molecule is O=C(NCc1cc2c(cn1)OCCO2)OC1CCN(CCn2c(=O)cnc3ccc(Cl)nc32)CC1. The lowest BCUT2D eigenvalue weighted by atomic mass is 10.1. The average Bonchev–Trinajstić information content (AvgIpc) is 2.87. The van der Waals surface area contributed by atoms with Gasteiger partial charge in [0.2, 0.25) is 0 Å². The van der Waals surface area contributed by atoms with E-state index in [1.807, 2.05) is 0 Å². The molecular weight excluding hydrogens is 476 g/mol. The molecule has 5 rings (SSSR count). The van der Waals surface area contributed by atoms with Crippen molar-refractivity contribution in [1.82, 2.24) is 29.7 Å². The molecule has 11 nitrogen and oxygen atoms in total. The Labute approximate surface area is 206 Å². The van der Waals surface area contributed by atoms with Gasteiger partial charge < -0.3 is 24.4 Å². The summed E-state index contributed by atoms with van der Waals surface area (Å²) in [4.78, 5) is 39.5. The van der Waals surface area contributed by atoms with Crippen molar-refractivity contribution in [2.45, 2.75) is 32.0 Å². The van der Waals surface area contributed by atoms with Crippen LogP contribution in [0.25, 0.3) is 11.2 Å². The third kappa shape index (κ3) is 5.63. The Hall–Kier alpha value is -3.44. The van der Waals surface area contributed by atoms with Crippen molar-refractivity contribution in [2.75, 3.05) is 32.8 Å². The molecule has 1 amide bonds. The molecule has 2 aliphatic heterocycles. The van der Waals surface area contributed by atoms with Crippen molar-refractivity contribution in [2.24, 2.45) is 0 Å². The second-order valence-electron chi connectivity index (χ2n) is 8.34. The maximum absolute atomic E-state index is 12.3. The van der Waals surface area contributed by atoms with Gasteiger partial charge in [0.25, 0.3) is 5.56 Å². The molecule has 0 radical (unpaired) electrons. The molecule has 0 aliphatic carbocycles. The summed E-state index contributed by atoms with van der Waals surface area (Å²) in [5, 5.41) is 3.06. The third-order valence-electron chi connectivity index (χ3n) is 6.00. The van der Waals surface area contributed by atoms with Crippen LogP contribution in [0.2, 0.25) is 5.15 Å². The van der Waals surface area contributed by atoms with Crippen LogP contribution in [-0.4, -0.2) is 69.5 Å². The van der Waals surface area contributed by atoms with E-state index in [1.165, 1.54) is 6.20 Å². The summed E-state index contributed by atoms with van der Waals surface area (Å²) >= 11 is 6.01. The molecule has 1 saturated heterocycles. The van der Waals surface area contributed by atoms with Crippen LogP contribution in [0.5, 0.6) is 11.5 Å². The second kappa shape index (κ2) is 10.4. The van der Waals surface area contributed by atoms with E-state index in [0.29, 0.717) is 72.7 Å². The zero-order valence-corrected chi connectivity index (χ0v) is 19.7. The molecule has 0 spiro atoms. The molecule has 1 fully saturated rings. The lowest BCUT2D eigenvalue weighted by Gasteiger charge is -2.31. The van der Waals surface area contributed by atoms with Crippen molar-refractivity contribution >= 4 is 28.9 Å². The van der Waals surface area contributed by atoms with E-state index in [-0.39, 0.29) is 18.2 Å². The quantitative estimate of drug-likeness (QED) is 0.506. The predicted octanol–water partition coefficient (Wildman–Crippen LogP) is 2.00. The maximum Gasteiger partial charge on any atom is 0.407 e. The number of pyridine rings is 2. The topological polar surface area (TPSA) is 121 Å². The Morgan fingerprint density at radius 3 is 2.74 bits per heavy atom. The van der Waals surface area contributed by atoms with Gasteiger partial charge in [0, 0.05) is 32.2 Å². The molecular formula is C23H25ClN6O5. The number of amides is 1. The number of aromatic nitrogens is 4. The summed E-state index contributed by atoms with van der Waals surface area (Å²) < 4.78 is 18.2. The van der Waals surface area contributed by atoms with E-state index in [4.69, 9.17) is 25.8 Å². The number of carbonyl (C=O) groups excluding carboxylic acids is 1. The number of halogens is 1. The van der Waals surface area contributed by atoms with Crippen LogP contribution in [0.1, 0.15) is 18.5 Å². The summed E-state index contributed by atoms with van der Waals surface area (Å²) in [6.07, 6.45) is 3.69. The average molecular weight is 501 g/mol. The van der Waals surface area contributed by atoms with Gasteiger partial charge in [-0.15, -0.1) is 0 Å². The van der Waals surface area contributed by atoms with Crippen LogP contribution in [0.4, 0.5) is 4.79 Å². The van der Waals surface area contributed by atoms with Gasteiger partial charge >= 0.3 is 6.09 Å². The highest BCUT2D eigenvalue weighted by Crippen LogP contribution is 2.29. The van der Waals surface area contributed by atoms with Crippen molar-refractivity contribution in [3.05, 3.63) is 51.8 Å². The van der Waals surface area contributed by atoms with E-state index in [2.05, 4.69) is 25.2 Å². The largest absolute Gasteiger partial charge is 0.486 e. The fourth-order valence-corrected chi connectivity index (χ4v) is 4.31. The summed E-state index contributed by atoms with van der Waals surface area (Å²) in [6.45, 7) is 3.89.